The second kappa shape index (κ2) is 10.4. The number of anilines is 1. The van der Waals surface area contributed by atoms with Crippen LogP contribution in [0.5, 0.6) is 0 Å². The summed E-state index contributed by atoms with van der Waals surface area (Å²) in [6.07, 6.45) is -0.0259. The number of amides is 1. The summed E-state index contributed by atoms with van der Waals surface area (Å²) in [7, 11) is 0. The number of thioether (sulfide) groups is 1. The van der Waals surface area contributed by atoms with E-state index in [0.29, 0.717) is 34.6 Å². The Labute approximate surface area is 179 Å². The normalized spacial score (nSPS) is 17.4. The van der Waals surface area contributed by atoms with Crippen molar-refractivity contribution in [2.45, 2.75) is 17.5 Å². The van der Waals surface area contributed by atoms with Crippen LogP contribution in [0.4, 0.5) is 5.69 Å². The average Bonchev–Trinajstić information content (AvgIpc) is 2.69. The Morgan fingerprint density at radius 3 is 2.75 bits per heavy atom. The Morgan fingerprint density at radius 2 is 2.00 bits per heavy atom. The Bertz CT molecular complexity index is 805. The smallest absolute Gasteiger partial charge is 0.230 e. The number of benzene rings is 2. The van der Waals surface area contributed by atoms with Gasteiger partial charge in [-0.15, -0.1) is 11.8 Å². The number of hydrogen-bond acceptors (Lipinski definition) is 5. The number of nitrogens with one attached hydrogen (secondary N) is 1. The predicted molar refractivity (Wildman–Crippen MR) is 116 cm³/mol. The highest BCUT2D eigenvalue weighted by molar-refractivity contribution is 8.00. The van der Waals surface area contributed by atoms with Gasteiger partial charge in [0.05, 0.1) is 28.5 Å². The molecule has 2 aromatic rings. The lowest BCUT2D eigenvalue weighted by molar-refractivity contribution is -0.119. The third-order valence-corrected chi connectivity index (χ3v) is 6.14. The Hall–Kier alpha value is -1.44. The number of ether oxygens (including phenoxy) is 1. The molecule has 150 valence electrons. The SMILES string of the molecule is Nc1ccc(SCC(=O)NC[C@H]2CN(Cc3ccc(Cl)c(Cl)c3)CCO2)cc1. The number of nitrogen functional groups attached to an aromatic ring is 1. The van der Waals surface area contributed by atoms with Gasteiger partial charge in [-0.1, -0.05) is 29.3 Å². The third kappa shape index (κ3) is 6.57. The lowest BCUT2D eigenvalue weighted by atomic mass is 10.2. The first-order valence-electron chi connectivity index (χ1n) is 9.02. The molecule has 1 amide bonds. The van der Waals surface area contributed by atoms with Gasteiger partial charge in [-0.2, -0.15) is 0 Å². The monoisotopic (exact) mass is 439 g/mol. The maximum absolute atomic E-state index is 12.1. The van der Waals surface area contributed by atoms with Crippen LogP contribution in [-0.4, -0.2) is 48.9 Å². The van der Waals surface area contributed by atoms with Gasteiger partial charge in [0, 0.05) is 36.8 Å². The van der Waals surface area contributed by atoms with E-state index in [1.165, 1.54) is 11.8 Å². The molecule has 3 N–H and O–H groups in total. The van der Waals surface area contributed by atoms with Gasteiger partial charge >= 0.3 is 0 Å². The molecule has 1 atom stereocenters. The van der Waals surface area contributed by atoms with Crippen LogP contribution >= 0.6 is 35.0 Å². The second-order valence-electron chi connectivity index (χ2n) is 6.64. The van der Waals surface area contributed by atoms with Crippen molar-refractivity contribution >= 4 is 46.6 Å². The van der Waals surface area contributed by atoms with Crippen molar-refractivity contribution in [3.05, 3.63) is 58.1 Å². The van der Waals surface area contributed by atoms with Crippen LogP contribution < -0.4 is 11.1 Å². The van der Waals surface area contributed by atoms with Crippen LogP contribution in [0.25, 0.3) is 0 Å². The van der Waals surface area contributed by atoms with Gasteiger partial charge in [0.1, 0.15) is 0 Å². The predicted octanol–water partition coefficient (Wildman–Crippen LogP) is 3.68. The number of carbonyl (C=O) groups is 1. The molecule has 0 aliphatic carbocycles. The van der Waals surface area contributed by atoms with Crippen molar-refractivity contribution in [1.82, 2.24) is 10.2 Å². The number of morpholine rings is 1. The first-order valence-corrected chi connectivity index (χ1v) is 10.8. The zero-order valence-electron chi connectivity index (χ0n) is 15.4. The van der Waals surface area contributed by atoms with E-state index < -0.39 is 0 Å². The van der Waals surface area contributed by atoms with Gasteiger partial charge in [-0.3, -0.25) is 9.69 Å². The number of nitrogens with two attached hydrogens (primary N) is 1. The Morgan fingerprint density at radius 1 is 1.21 bits per heavy atom. The van der Waals surface area contributed by atoms with Crippen molar-refractivity contribution in [3.63, 3.8) is 0 Å². The minimum Gasteiger partial charge on any atom is -0.399 e. The van der Waals surface area contributed by atoms with Crippen LogP contribution in [0.1, 0.15) is 5.56 Å². The number of nitrogens with zero attached hydrogens (tertiary/aromatic N) is 1. The van der Waals surface area contributed by atoms with Crippen LogP contribution in [0.15, 0.2) is 47.4 Å². The van der Waals surface area contributed by atoms with Crippen LogP contribution in [0, 0.1) is 0 Å². The third-order valence-electron chi connectivity index (χ3n) is 4.39. The molecule has 0 spiro atoms. The van der Waals surface area contributed by atoms with E-state index in [1.54, 1.807) is 0 Å². The fourth-order valence-corrected chi connectivity index (χ4v) is 3.98. The molecule has 1 saturated heterocycles. The molecular weight excluding hydrogens is 417 g/mol. The summed E-state index contributed by atoms with van der Waals surface area (Å²) in [6.45, 7) is 3.52. The summed E-state index contributed by atoms with van der Waals surface area (Å²) in [4.78, 5) is 15.4. The molecule has 28 heavy (non-hydrogen) atoms. The highest BCUT2D eigenvalue weighted by Gasteiger charge is 2.21. The van der Waals surface area contributed by atoms with Crippen molar-refractivity contribution < 1.29 is 9.53 Å². The molecule has 0 saturated carbocycles. The molecule has 1 fully saturated rings. The minimum absolute atomic E-state index is 0.00738. The average molecular weight is 440 g/mol. The summed E-state index contributed by atoms with van der Waals surface area (Å²) in [6, 6.07) is 13.2. The molecule has 0 aromatic heterocycles. The Balaban J connectivity index is 1.41. The van der Waals surface area contributed by atoms with E-state index in [0.717, 1.165) is 30.1 Å². The standard InChI is InChI=1S/C20H23Cl2N3O2S/c21-18-6-1-14(9-19(18)22)11-25-7-8-27-16(12-25)10-24-20(26)13-28-17-4-2-15(23)3-5-17/h1-6,9,16H,7-8,10-13,23H2,(H,24,26)/t16-/m0/s1. The topological polar surface area (TPSA) is 67.6 Å². The molecule has 0 bridgehead atoms. The summed E-state index contributed by atoms with van der Waals surface area (Å²) >= 11 is 13.6. The largest absolute Gasteiger partial charge is 0.399 e. The quantitative estimate of drug-likeness (QED) is 0.508. The van der Waals surface area contributed by atoms with Crippen molar-refractivity contribution in [2.24, 2.45) is 0 Å². The molecule has 2 aromatic carbocycles. The van der Waals surface area contributed by atoms with Gasteiger partial charge in [0.15, 0.2) is 0 Å². The number of rotatable bonds is 7. The number of carbonyl (C=O) groups excluding carboxylic acids is 1. The van der Waals surface area contributed by atoms with Crippen molar-refractivity contribution in [1.29, 1.82) is 0 Å². The zero-order valence-corrected chi connectivity index (χ0v) is 17.7. The molecule has 1 heterocycles. The van der Waals surface area contributed by atoms with Crippen LogP contribution in [-0.2, 0) is 16.1 Å². The highest BCUT2D eigenvalue weighted by atomic mass is 35.5. The second-order valence-corrected chi connectivity index (χ2v) is 8.50. The first kappa shape index (κ1) is 21.3. The molecule has 5 nitrogen and oxygen atoms in total. The van der Waals surface area contributed by atoms with Gasteiger partial charge in [-0.05, 0) is 42.0 Å². The zero-order chi connectivity index (χ0) is 19.9. The summed E-state index contributed by atoms with van der Waals surface area (Å²) < 4.78 is 5.79. The molecule has 0 radical (unpaired) electrons. The lowest BCUT2D eigenvalue weighted by Crippen LogP contribution is -2.47. The van der Waals surface area contributed by atoms with Crippen molar-refractivity contribution in [3.8, 4) is 0 Å². The fraction of sp³-hybridized carbons (Fsp3) is 0.350. The summed E-state index contributed by atoms with van der Waals surface area (Å²) in [5, 5.41) is 4.09. The molecular formula is C20H23Cl2N3O2S. The molecule has 1 aliphatic rings. The summed E-state index contributed by atoms with van der Waals surface area (Å²) in [5.41, 5.74) is 7.49. The maximum atomic E-state index is 12.1. The van der Waals surface area contributed by atoms with Gasteiger partial charge in [0.2, 0.25) is 5.91 Å². The van der Waals surface area contributed by atoms with Gasteiger partial charge < -0.3 is 15.8 Å². The van der Waals surface area contributed by atoms with E-state index in [9.17, 15) is 4.79 Å². The molecule has 0 unspecified atom stereocenters. The van der Waals surface area contributed by atoms with Gasteiger partial charge in [-0.25, -0.2) is 0 Å². The van der Waals surface area contributed by atoms with Gasteiger partial charge in [0.25, 0.3) is 0 Å². The Kier molecular flexibility index (Phi) is 7.88. The molecule has 8 heteroatoms. The molecule has 3 rings (SSSR count). The van der Waals surface area contributed by atoms with E-state index in [-0.39, 0.29) is 12.0 Å². The van der Waals surface area contributed by atoms with E-state index in [4.69, 9.17) is 33.7 Å². The number of hydrogen-bond donors (Lipinski definition) is 2. The van der Waals surface area contributed by atoms with Crippen LogP contribution in [0.2, 0.25) is 10.0 Å². The lowest BCUT2D eigenvalue weighted by Gasteiger charge is -2.33. The number of halogens is 2. The summed E-state index contributed by atoms with van der Waals surface area (Å²) in [5.74, 6) is 0.357. The van der Waals surface area contributed by atoms with E-state index in [1.807, 2.05) is 42.5 Å². The van der Waals surface area contributed by atoms with E-state index in [2.05, 4.69) is 10.2 Å². The molecule has 1 aliphatic heterocycles. The first-order chi connectivity index (χ1) is 13.5. The van der Waals surface area contributed by atoms with Crippen molar-refractivity contribution in [2.75, 3.05) is 37.7 Å². The highest BCUT2D eigenvalue weighted by Crippen LogP contribution is 2.23. The van der Waals surface area contributed by atoms with Crippen LogP contribution in [0.3, 0.4) is 0 Å². The minimum atomic E-state index is -0.0259. The van der Waals surface area contributed by atoms with E-state index >= 15 is 0 Å². The maximum Gasteiger partial charge on any atom is 0.230 e. The fourth-order valence-electron chi connectivity index (χ4n) is 2.94.